The number of nitrogens with one attached hydrogen (secondary N) is 2. The van der Waals surface area contributed by atoms with Crippen LogP contribution in [0.4, 0.5) is 11.4 Å². The third kappa shape index (κ3) is 5.87. The summed E-state index contributed by atoms with van der Waals surface area (Å²) >= 11 is 6.13. The predicted molar refractivity (Wildman–Crippen MR) is 146 cm³/mol. The zero-order valence-electron chi connectivity index (χ0n) is 20.5. The third-order valence-corrected chi connectivity index (χ3v) is 7.23. The van der Waals surface area contributed by atoms with Crippen LogP contribution in [0.5, 0.6) is 0 Å². The first-order valence-electron chi connectivity index (χ1n) is 12.6. The summed E-state index contributed by atoms with van der Waals surface area (Å²) in [4.78, 5) is 44.9. The first-order valence-corrected chi connectivity index (χ1v) is 12.9. The van der Waals surface area contributed by atoms with Gasteiger partial charge in [0.05, 0.1) is 13.0 Å². The van der Waals surface area contributed by atoms with E-state index in [9.17, 15) is 14.4 Å². The van der Waals surface area contributed by atoms with Crippen molar-refractivity contribution in [2.75, 3.05) is 56.0 Å². The van der Waals surface area contributed by atoms with Crippen molar-refractivity contribution < 1.29 is 14.4 Å². The van der Waals surface area contributed by atoms with E-state index in [1.165, 1.54) is 0 Å². The Hall–Kier alpha value is -3.62. The molecule has 0 spiro atoms. The highest BCUT2D eigenvalue weighted by atomic mass is 35.5. The minimum atomic E-state index is -0.830. The van der Waals surface area contributed by atoms with Crippen molar-refractivity contribution in [2.45, 2.75) is 12.5 Å². The van der Waals surface area contributed by atoms with Crippen LogP contribution in [0.2, 0.25) is 5.02 Å². The van der Waals surface area contributed by atoms with Crippen LogP contribution in [-0.2, 0) is 14.4 Å². The molecule has 2 aliphatic heterocycles. The number of rotatable bonds is 6. The van der Waals surface area contributed by atoms with Gasteiger partial charge in [-0.05, 0) is 29.7 Å². The minimum Gasteiger partial charge on any atom is -0.369 e. The summed E-state index contributed by atoms with van der Waals surface area (Å²) in [7, 11) is 0. The molecule has 1 atom stereocenters. The average Bonchev–Trinajstić information content (AvgIpc) is 2.90. The summed E-state index contributed by atoms with van der Waals surface area (Å²) < 4.78 is 0. The lowest BCUT2D eigenvalue weighted by molar-refractivity contribution is -0.145. The van der Waals surface area contributed by atoms with Crippen molar-refractivity contribution in [2.24, 2.45) is 0 Å². The Kier molecular flexibility index (Phi) is 7.58. The lowest BCUT2D eigenvalue weighted by Gasteiger charge is -2.39. The second-order valence-corrected chi connectivity index (χ2v) is 9.85. The van der Waals surface area contributed by atoms with E-state index in [0.717, 1.165) is 42.6 Å². The Morgan fingerprint density at radius 3 is 2.51 bits per heavy atom. The summed E-state index contributed by atoms with van der Waals surface area (Å²) in [6, 6.07) is 20.4. The molecule has 0 unspecified atom stereocenters. The zero-order chi connectivity index (χ0) is 25.8. The van der Waals surface area contributed by atoms with Gasteiger partial charge in [-0.1, -0.05) is 54.1 Å². The van der Waals surface area contributed by atoms with Crippen molar-refractivity contribution >= 4 is 51.5 Å². The fourth-order valence-electron chi connectivity index (χ4n) is 5.05. The number of anilines is 2. The smallest absolute Gasteiger partial charge is 0.243 e. The maximum Gasteiger partial charge on any atom is 0.243 e. The molecule has 9 heteroatoms. The van der Waals surface area contributed by atoms with E-state index in [1.807, 2.05) is 66.7 Å². The highest BCUT2D eigenvalue weighted by Gasteiger charge is 2.35. The maximum absolute atomic E-state index is 13.3. The van der Waals surface area contributed by atoms with E-state index in [0.29, 0.717) is 23.8 Å². The van der Waals surface area contributed by atoms with Crippen molar-refractivity contribution in [1.29, 1.82) is 0 Å². The zero-order valence-corrected chi connectivity index (χ0v) is 21.3. The van der Waals surface area contributed by atoms with E-state index >= 15 is 0 Å². The molecule has 5 rings (SSSR count). The molecule has 0 aliphatic carbocycles. The van der Waals surface area contributed by atoms with Crippen LogP contribution in [0.15, 0.2) is 66.7 Å². The number of amides is 3. The van der Waals surface area contributed by atoms with Gasteiger partial charge in [-0.25, -0.2) is 0 Å². The molecule has 3 amide bonds. The molecule has 2 N–H and O–H groups in total. The van der Waals surface area contributed by atoms with E-state index in [-0.39, 0.29) is 30.7 Å². The highest BCUT2D eigenvalue weighted by molar-refractivity contribution is 6.30. The number of halogens is 1. The molecule has 0 bridgehead atoms. The van der Waals surface area contributed by atoms with Crippen LogP contribution < -0.4 is 15.5 Å². The fourth-order valence-corrected chi connectivity index (χ4v) is 5.23. The first-order chi connectivity index (χ1) is 18.0. The second-order valence-electron chi connectivity index (χ2n) is 9.42. The molecule has 2 heterocycles. The third-order valence-electron chi connectivity index (χ3n) is 7.00. The van der Waals surface area contributed by atoms with E-state index in [4.69, 9.17) is 11.6 Å². The molecule has 3 aromatic carbocycles. The van der Waals surface area contributed by atoms with Crippen molar-refractivity contribution in [3.05, 3.63) is 71.8 Å². The van der Waals surface area contributed by atoms with Crippen molar-refractivity contribution in [3.8, 4) is 0 Å². The van der Waals surface area contributed by atoms with Crippen LogP contribution in [0, 0.1) is 0 Å². The van der Waals surface area contributed by atoms with Crippen molar-refractivity contribution in [1.82, 2.24) is 15.1 Å². The highest BCUT2D eigenvalue weighted by Crippen LogP contribution is 2.24. The Balaban J connectivity index is 1.19. The number of benzene rings is 3. The van der Waals surface area contributed by atoms with Crippen LogP contribution in [0.3, 0.4) is 0 Å². The van der Waals surface area contributed by atoms with Crippen LogP contribution >= 0.6 is 11.6 Å². The molecule has 3 aromatic rings. The Labute approximate surface area is 221 Å². The van der Waals surface area contributed by atoms with E-state index in [1.54, 1.807) is 4.90 Å². The lowest BCUT2D eigenvalue weighted by atomic mass is 10.1. The number of carbonyl (C=O) groups excluding carboxylic acids is 3. The largest absolute Gasteiger partial charge is 0.369 e. The SMILES string of the molecule is O=C(C[C@@H]1C(=O)NCCN1C(=O)CN1CCN(c2cccc(Cl)c2)CC1)Nc1cccc2ccccc12. The average molecular weight is 520 g/mol. The quantitative estimate of drug-likeness (QED) is 0.523. The number of fused-ring (bicyclic) bond motifs is 1. The molecule has 8 nitrogen and oxygen atoms in total. The fraction of sp³-hybridized carbons (Fsp3) is 0.321. The van der Waals surface area contributed by atoms with Crippen LogP contribution in [-0.4, -0.2) is 79.4 Å². The van der Waals surface area contributed by atoms with Gasteiger partial charge in [-0.3, -0.25) is 19.3 Å². The maximum atomic E-state index is 13.3. The van der Waals surface area contributed by atoms with Gasteiger partial charge in [0.1, 0.15) is 6.04 Å². The van der Waals surface area contributed by atoms with Crippen LogP contribution in [0.1, 0.15) is 6.42 Å². The number of hydrogen-bond acceptors (Lipinski definition) is 5. The summed E-state index contributed by atoms with van der Waals surface area (Å²) in [5.41, 5.74) is 1.76. The van der Waals surface area contributed by atoms with Gasteiger partial charge < -0.3 is 20.4 Å². The molecule has 0 radical (unpaired) electrons. The molecule has 192 valence electrons. The molecule has 0 saturated carbocycles. The monoisotopic (exact) mass is 519 g/mol. The molecule has 37 heavy (non-hydrogen) atoms. The van der Waals surface area contributed by atoms with Crippen LogP contribution in [0.25, 0.3) is 10.8 Å². The number of carbonyl (C=O) groups is 3. The van der Waals surface area contributed by atoms with Gasteiger partial charge in [-0.2, -0.15) is 0 Å². The van der Waals surface area contributed by atoms with Gasteiger partial charge in [0.15, 0.2) is 0 Å². The topological polar surface area (TPSA) is 85.0 Å². The van der Waals surface area contributed by atoms with Gasteiger partial charge >= 0.3 is 0 Å². The predicted octanol–water partition coefficient (Wildman–Crippen LogP) is 2.97. The number of hydrogen-bond donors (Lipinski definition) is 2. The minimum absolute atomic E-state index is 0.0939. The summed E-state index contributed by atoms with van der Waals surface area (Å²) in [6.07, 6.45) is -0.0939. The Morgan fingerprint density at radius 1 is 0.946 bits per heavy atom. The normalized spacial score (nSPS) is 18.5. The molecule has 2 aliphatic rings. The summed E-state index contributed by atoms with van der Waals surface area (Å²) in [6.45, 7) is 4.01. The standard InChI is InChI=1S/C28H30ClN5O3/c29-21-7-4-8-22(17-21)33-15-13-32(14-16-33)19-27(36)34-12-11-30-28(37)25(34)18-26(35)31-24-10-3-6-20-5-1-2-9-23(20)24/h1-10,17,25H,11-16,18-19H2,(H,30,37)(H,31,35)/t25-/m1/s1. The number of nitrogens with zero attached hydrogens (tertiary/aromatic N) is 3. The van der Waals surface area contributed by atoms with Gasteiger partial charge in [-0.15, -0.1) is 0 Å². The summed E-state index contributed by atoms with van der Waals surface area (Å²) in [5, 5.41) is 8.39. The van der Waals surface area contributed by atoms with Gasteiger partial charge in [0.2, 0.25) is 17.7 Å². The van der Waals surface area contributed by atoms with E-state index in [2.05, 4.69) is 20.4 Å². The van der Waals surface area contributed by atoms with E-state index < -0.39 is 6.04 Å². The number of piperazine rings is 2. The molecular weight excluding hydrogens is 490 g/mol. The van der Waals surface area contributed by atoms with Gasteiger partial charge in [0, 0.05) is 61.1 Å². The molecular formula is C28H30ClN5O3. The molecule has 2 fully saturated rings. The Morgan fingerprint density at radius 2 is 1.70 bits per heavy atom. The first kappa shape index (κ1) is 25.0. The summed E-state index contributed by atoms with van der Waals surface area (Å²) in [5.74, 6) is -0.723. The van der Waals surface area contributed by atoms with Gasteiger partial charge in [0.25, 0.3) is 0 Å². The second kappa shape index (κ2) is 11.2. The van der Waals surface area contributed by atoms with Crippen molar-refractivity contribution in [3.63, 3.8) is 0 Å². The lowest BCUT2D eigenvalue weighted by Crippen LogP contribution is -2.60. The Bertz CT molecular complexity index is 1300. The molecule has 2 saturated heterocycles. The molecule has 0 aromatic heterocycles.